The molecule has 0 saturated heterocycles. The molecule has 7 heavy (non-hydrogen) atoms. The van der Waals surface area contributed by atoms with Crippen molar-refractivity contribution in [3.8, 4) is 0 Å². The molecule has 42 valence electrons. The minimum atomic E-state index is -0.523. The molecule has 0 atom stereocenters. The second kappa shape index (κ2) is 3.42. The SMILES string of the molecule is NCCNC(N)=O. The maximum absolute atomic E-state index is 9.81. The van der Waals surface area contributed by atoms with Crippen LogP contribution in [0.25, 0.3) is 0 Å². The Kier molecular flexibility index (Phi) is 3.04. The minimum absolute atomic E-state index is 0.433. The van der Waals surface area contributed by atoms with E-state index in [4.69, 9.17) is 5.73 Å². The van der Waals surface area contributed by atoms with Crippen LogP contribution in [0.3, 0.4) is 0 Å². The van der Waals surface area contributed by atoms with Crippen LogP contribution in [0.1, 0.15) is 0 Å². The van der Waals surface area contributed by atoms with E-state index in [0.717, 1.165) is 0 Å². The van der Waals surface area contributed by atoms with Gasteiger partial charge in [0.05, 0.1) is 0 Å². The Morgan fingerprint density at radius 3 is 2.43 bits per heavy atom. The molecule has 0 fully saturated rings. The van der Waals surface area contributed by atoms with Gasteiger partial charge in [0, 0.05) is 13.1 Å². The zero-order chi connectivity index (χ0) is 5.70. The van der Waals surface area contributed by atoms with Crippen LogP contribution in [0.2, 0.25) is 0 Å². The fourth-order valence-corrected chi connectivity index (χ4v) is 0.195. The monoisotopic (exact) mass is 103 g/mol. The molecule has 0 saturated carbocycles. The van der Waals surface area contributed by atoms with E-state index in [2.05, 4.69) is 11.1 Å². The van der Waals surface area contributed by atoms with Crippen LogP contribution in [0, 0.1) is 0 Å². The number of nitrogens with two attached hydrogens (primary N) is 2. The van der Waals surface area contributed by atoms with Gasteiger partial charge in [0.1, 0.15) is 0 Å². The Balaban J connectivity index is 2.82. The summed E-state index contributed by atoms with van der Waals surface area (Å²) in [7, 11) is 0. The Morgan fingerprint density at radius 2 is 2.29 bits per heavy atom. The molecule has 5 N–H and O–H groups in total. The van der Waals surface area contributed by atoms with Crippen molar-refractivity contribution in [1.29, 1.82) is 0 Å². The molecule has 0 bridgehead atoms. The molecule has 0 aromatic carbocycles. The normalized spacial score (nSPS) is 8.14. The third-order valence-corrected chi connectivity index (χ3v) is 0.444. The van der Waals surface area contributed by atoms with Crippen molar-refractivity contribution in [1.82, 2.24) is 5.32 Å². The molecule has 0 aliphatic rings. The molecule has 0 aliphatic heterocycles. The lowest BCUT2D eigenvalue weighted by Gasteiger charge is -1.93. The van der Waals surface area contributed by atoms with E-state index in [1.165, 1.54) is 0 Å². The van der Waals surface area contributed by atoms with Gasteiger partial charge in [-0.25, -0.2) is 4.79 Å². The van der Waals surface area contributed by atoms with E-state index in [9.17, 15) is 4.79 Å². The van der Waals surface area contributed by atoms with Gasteiger partial charge in [-0.3, -0.25) is 0 Å². The predicted octanol–water partition coefficient (Wildman–Crippen LogP) is -1.39. The molecule has 0 aliphatic carbocycles. The van der Waals surface area contributed by atoms with Crippen molar-refractivity contribution in [2.24, 2.45) is 11.5 Å². The maximum Gasteiger partial charge on any atom is 0.312 e. The van der Waals surface area contributed by atoms with Crippen LogP contribution in [-0.2, 0) is 0 Å². The number of rotatable bonds is 2. The van der Waals surface area contributed by atoms with Crippen molar-refractivity contribution in [2.45, 2.75) is 0 Å². The van der Waals surface area contributed by atoms with E-state index >= 15 is 0 Å². The number of amides is 2. The van der Waals surface area contributed by atoms with Crippen LogP contribution < -0.4 is 16.8 Å². The average Bonchev–Trinajstić information content (AvgIpc) is 1.61. The zero-order valence-corrected chi connectivity index (χ0v) is 3.98. The molecule has 0 radical (unpaired) electrons. The summed E-state index contributed by atoms with van der Waals surface area (Å²) in [6.45, 7) is 0.887. The average molecular weight is 103 g/mol. The Hall–Kier alpha value is -0.770. The summed E-state index contributed by atoms with van der Waals surface area (Å²) in [6.07, 6.45) is 0. The second-order valence-electron chi connectivity index (χ2n) is 1.08. The lowest BCUT2D eigenvalue weighted by atomic mass is 10.6. The Bertz CT molecular complexity index is 63.2. The Labute approximate surface area is 41.9 Å². The standard InChI is InChI=1S/C3H9N3O/c4-1-2-6-3(5)7/h1-2,4H2,(H3,5,6,7). The second-order valence-corrected chi connectivity index (χ2v) is 1.08. The van der Waals surface area contributed by atoms with Gasteiger partial charge >= 0.3 is 6.03 Å². The van der Waals surface area contributed by atoms with E-state index in [0.29, 0.717) is 13.1 Å². The van der Waals surface area contributed by atoms with E-state index in [-0.39, 0.29) is 0 Å². The largest absolute Gasteiger partial charge is 0.352 e. The number of hydrogen-bond acceptors (Lipinski definition) is 2. The number of primary amides is 1. The summed E-state index contributed by atoms with van der Waals surface area (Å²) in [5, 5.41) is 2.31. The van der Waals surface area contributed by atoms with Crippen LogP contribution in [-0.4, -0.2) is 19.1 Å². The van der Waals surface area contributed by atoms with Gasteiger partial charge in [-0.1, -0.05) is 0 Å². The van der Waals surface area contributed by atoms with Crippen molar-refractivity contribution in [2.75, 3.05) is 13.1 Å². The van der Waals surface area contributed by atoms with Crippen molar-refractivity contribution in [3.05, 3.63) is 0 Å². The molecule has 4 heteroatoms. The summed E-state index contributed by atoms with van der Waals surface area (Å²) < 4.78 is 0. The van der Waals surface area contributed by atoms with Gasteiger partial charge in [-0.15, -0.1) is 0 Å². The molecule has 0 unspecified atom stereocenters. The quantitative estimate of drug-likeness (QED) is 0.402. The fourth-order valence-electron chi connectivity index (χ4n) is 0.195. The molecule has 0 aromatic rings. The van der Waals surface area contributed by atoms with Crippen molar-refractivity contribution >= 4 is 6.03 Å². The number of carbonyl (C=O) groups is 1. The summed E-state index contributed by atoms with van der Waals surface area (Å²) >= 11 is 0. The highest BCUT2D eigenvalue weighted by Gasteiger charge is 1.83. The first-order valence-electron chi connectivity index (χ1n) is 2.00. The third-order valence-electron chi connectivity index (χ3n) is 0.444. The first kappa shape index (κ1) is 6.23. The van der Waals surface area contributed by atoms with Gasteiger partial charge in [0.25, 0.3) is 0 Å². The van der Waals surface area contributed by atoms with Gasteiger partial charge in [0.15, 0.2) is 0 Å². The summed E-state index contributed by atoms with van der Waals surface area (Å²) in [6, 6.07) is -0.523. The van der Waals surface area contributed by atoms with Gasteiger partial charge < -0.3 is 16.8 Å². The molecular formula is C3H9N3O. The highest BCUT2D eigenvalue weighted by Crippen LogP contribution is 1.50. The fraction of sp³-hybridized carbons (Fsp3) is 0.667. The van der Waals surface area contributed by atoms with Crippen molar-refractivity contribution < 1.29 is 4.79 Å². The lowest BCUT2D eigenvalue weighted by molar-refractivity contribution is 0.249. The molecule has 4 nitrogen and oxygen atoms in total. The molecular weight excluding hydrogens is 94.1 g/mol. The number of urea groups is 1. The van der Waals surface area contributed by atoms with Crippen molar-refractivity contribution in [3.63, 3.8) is 0 Å². The van der Waals surface area contributed by atoms with E-state index in [1.807, 2.05) is 0 Å². The van der Waals surface area contributed by atoms with Crippen LogP contribution >= 0.6 is 0 Å². The molecule has 0 aromatic heterocycles. The molecule has 0 spiro atoms. The lowest BCUT2D eigenvalue weighted by Crippen LogP contribution is -2.33. The molecule has 0 rings (SSSR count). The number of nitrogens with one attached hydrogen (secondary N) is 1. The summed E-state index contributed by atoms with van der Waals surface area (Å²) in [4.78, 5) is 9.81. The maximum atomic E-state index is 9.81. The first-order valence-corrected chi connectivity index (χ1v) is 2.00. The Morgan fingerprint density at radius 1 is 1.71 bits per heavy atom. The summed E-state index contributed by atoms with van der Waals surface area (Å²) in [5.41, 5.74) is 9.68. The minimum Gasteiger partial charge on any atom is -0.352 e. The summed E-state index contributed by atoms with van der Waals surface area (Å²) in [5.74, 6) is 0. The smallest absolute Gasteiger partial charge is 0.312 e. The van der Waals surface area contributed by atoms with E-state index < -0.39 is 6.03 Å². The van der Waals surface area contributed by atoms with Gasteiger partial charge in [-0.2, -0.15) is 0 Å². The zero-order valence-electron chi connectivity index (χ0n) is 3.98. The van der Waals surface area contributed by atoms with Gasteiger partial charge in [0.2, 0.25) is 0 Å². The number of carbonyl (C=O) groups excluding carboxylic acids is 1. The highest BCUT2D eigenvalue weighted by atomic mass is 16.2. The predicted molar refractivity (Wildman–Crippen MR) is 26.6 cm³/mol. The molecule has 2 amide bonds. The van der Waals surface area contributed by atoms with E-state index in [1.54, 1.807) is 0 Å². The topological polar surface area (TPSA) is 81.1 Å². The third kappa shape index (κ3) is 5.23. The van der Waals surface area contributed by atoms with Crippen LogP contribution in [0.5, 0.6) is 0 Å². The van der Waals surface area contributed by atoms with Crippen LogP contribution in [0.15, 0.2) is 0 Å². The van der Waals surface area contributed by atoms with Crippen LogP contribution in [0.4, 0.5) is 4.79 Å². The van der Waals surface area contributed by atoms with Gasteiger partial charge in [-0.05, 0) is 0 Å². The highest BCUT2D eigenvalue weighted by molar-refractivity contribution is 5.71. The molecule has 0 heterocycles. The number of hydrogen-bond donors (Lipinski definition) is 3. The first-order chi connectivity index (χ1) is 3.27.